The summed E-state index contributed by atoms with van der Waals surface area (Å²) in [6, 6.07) is 7.27. The molecule has 76 valence electrons. The van der Waals surface area contributed by atoms with Gasteiger partial charge in [0.2, 0.25) is 0 Å². The maximum atomic E-state index is 9.03. The van der Waals surface area contributed by atoms with E-state index in [9.17, 15) is 0 Å². The summed E-state index contributed by atoms with van der Waals surface area (Å²) in [6.07, 6.45) is 3.42. The lowest BCUT2D eigenvalue weighted by molar-refractivity contribution is 0.277. The fourth-order valence-electron chi connectivity index (χ4n) is 1.27. The van der Waals surface area contributed by atoms with Crippen LogP contribution >= 0.6 is 11.6 Å². The summed E-state index contributed by atoms with van der Waals surface area (Å²) < 4.78 is 0. The number of aromatic nitrogens is 2. The van der Waals surface area contributed by atoms with Gasteiger partial charge in [-0.3, -0.25) is 4.98 Å². The van der Waals surface area contributed by atoms with Gasteiger partial charge in [-0.2, -0.15) is 0 Å². The average Bonchev–Trinajstić information content (AvgIpc) is 2.31. The van der Waals surface area contributed by atoms with Gasteiger partial charge in [0.25, 0.3) is 0 Å². The van der Waals surface area contributed by atoms with E-state index in [-0.39, 0.29) is 6.61 Å². The van der Waals surface area contributed by atoms with Gasteiger partial charge in [-0.25, -0.2) is 4.98 Å². The van der Waals surface area contributed by atoms with Gasteiger partial charge in [0.15, 0.2) is 0 Å². The van der Waals surface area contributed by atoms with Crippen LogP contribution in [-0.4, -0.2) is 15.1 Å². The number of pyridine rings is 2. The maximum absolute atomic E-state index is 9.03. The second-order valence-electron chi connectivity index (χ2n) is 3.02. The van der Waals surface area contributed by atoms with Crippen LogP contribution in [0.2, 0.25) is 5.02 Å². The van der Waals surface area contributed by atoms with Gasteiger partial charge in [0.1, 0.15) is 0 Å². The topological polar surface area (TPSA) is 46.0 Å². The van der Waals surface area contributed by atoms with Crippen LogP contribution in [0.5, 0.6) is 0 Å². The van der Waals surface area contributed by atoms with E-state index >= 15 is 0 Å². The summed E-state index contributed by atoms with van der Waals surface area (Å²) in [7, 11) is 0. The third-order valence-electron chi connectivity index (χ3n) is 2.03. The first-order valence-corrected chi connectivity index (χ1v) is 4.86. The summed E-state index contributed by atoms with van der Waals surface area (Å²) in [5.41, 5.74) is 2.15. The van der Waals surface area contributed by atoms with Gasteiger partial charge in [-0.1, -0.05) is 11.6 Å². The third kappa shape index (κ3) is 2.14. The average molecular weight is 221 g/mol. The molecule has 0 atom stereocenters. The van der Waals surface area contributed by atoms with Crippen LogP contribution in [0.1, 0.15) is 5.69 Å². The molecule has 0 aliphatic rings. The smallest absolute Gasteiger partial charge is 0.0868 e. The number of halogens is 1. The van der Waals surface area contributed by atoms with Crippen LogP contribution < -0.4 is 0 Å². The lowest BCUT2D eigenvalue weighted by Crippen LogP contribution is -1.93. The highest BCUT2D eigenvalue weighted by Crippen LogP contribution is 2.20. The van der Waals surface area contributed by atoms with Gasteiger partial charge >= 0.3 is 0 Å². The van der Waals surface area contributed by atoms with Crippen LogP contribution in [0.25, 0.3) is 11.3 Å². The monoisotopic (exact) mass is 220 g/mol. The molecule has 0 bridgehead atoms. The Kier molecular flexibility index (Phi) is 2.94. The highest BCUT2D eigenvalue weighted by molar-refractivity contribution is 6.31. The predicted molar refractivity (Wildman–Crippen MR) is 58.4 cm³/mol. The fourth-order valence-corrected chi connectivity index (χ4v) is 1.44. The van der Waals surface area contributed by atoms with Gasteiger partial charge in [-0.05, 0) is 24.3 Å². The molecule has 0 fully saturated rings. The van der Waals surface area contributed by atoms with E-state index in [0.29, 0.717) is 10.7 Å². The standard InChI is InChI=1S/C11H9ClN2O/c12-9-3-4-10(14-11(9)7-15)8-2-1-5-13-6-8/h1-6,15H,7H2. The molecule has 2 rings (SSSR count). The summed E-state index contributed by atoms with van der Waals surface area (Å²) in [5, 5.41) is 9.50. The number of rotatable bonds is 2. The molecule has 0 unspecified atom stereocenters. The normalized spacial score (nSPS) is 10.3. The largest absolute Gasteiger partial charge is 0.390 e. The summed E-state index contributed by atoms with van der Waals surface area (Å²) >= 11 is 5.85. The Labute approximate surface area is 92.4 Å². The molecule has 0 amide bonds. The van der Waals surface area contributed by atoms with Crippen molar-refractivity contribution in [3.63, 3.8) is 0 Å². The van der Waals surface area contributed by atoms with E-state index in [4.69, 9.17) is 16.7 Å². The zero-order chi connectivity index (χ0) is 10.7. The molecule has 2 heterocycles. The van der Waals surface area contributed by atoms with E-state index < -0.39 is 0 Å². The predicted octanol–water partition coefficient (Wildman–Crippen LogP) is 2.29. The first kappa shape index (κ1) is 10.1. The lowest BCUT2D eigenvalue weighted by atomic mass is 10.2. The Hall–Kier alpha value is -1.45. The molecule has 0 saturated carbocycles. The van der Waals surface area contributed by atoms with Crippen molar-refractivity contribution in [3.05, 3.63) is 47.4 Å². The third-order valence-corrected chi connectivity index (χ3v) is 2.37. The van der Waals surface area contributed by atoms with Gasteiger partial charge in [0.05, 0.1) is 23.0 Å². The van der Waals surface area contributed by atoms with Crippen molar-refractivity contribution in [1.29, 1.82) is 0 Å². The molecule has 0 aliphatic heterocycles. The highest BCUT2D eigenvalue weighted by atomic mass is 35.5. The first-order chi connectivity index (χ1) is 7.31. The Morgan fingerprint density at radius 1 is 1.27 bits per heavy atom. The SMILES string of the molecule is OCc1nc(-c2cccnc2)ccc1Cl. The molecule has 3 nitrogen and oxygen atoms in total. The molecule has 15 heavy (non-hydrogen) atoms. The molecule has 1 N–H and O–H groups in total. The van der Waals surface area contributed by atoms with Crippen molar-refractivity contribution in [3.8, 4) is 11.3 Å². The van der Waals surface area contributed by atoms with Crippen LogP contribution in [-0.2, 0) is 6.61 Å². The second-order valence-corrected chi connectivity index (χ2v) is 3.43. The van der Waals surface area contributed by atoms with E-state index in [2.05, 4.69) is 9.97 Å². The molecular formula is C11H9ClN2O. The van der Waals surface area contributed by atoms with Crippen molar-refractivity contribution in [2.45, 2.75) is 6.61 Å². The van der Waals surface area contributed by atoms with Crippen molar-refractivity contribution in [2.24, 2.45) is 0 Å². The second kappa shape index (κ2) is 4.38. The number of nitrogens with zero attached hydrogens (tertiary/aromatic N) is 2. The Bertz CT molecular complexity index is 459. The molecule has 4 heteroatoms. The van der Waals surface area contributed by atoms with E-state index in [0.717, 1.165) is 11.3 Å². The minimum Gasteiger partial charge on any atom is -0.390 e. The fraction of sp³-hybridized carbons (Fsp3) is 0.0909. The number of hydrogen-bond donors (Lipinski definition) is 1. The van der Waals surface area contributed by atoms with Gasteiger partial charge in [0, 0.05) is 18.0 Å². The zero-order valence-corrected chi connectivity index (χ0v) is 8.65. The zero-order valence-electron chi connectivity index (χ0n) is 7.89. The van der Waals surface area contributed by atoms with Crippen LogP contribution in [0.15, 0.2) is 36.7 Å². The van der Waals surface area contributed by atoms with Crippen molar-refractivity contribution < 1.29 is 5.11 Å². The highest BCUT2D eigenvalue weighted by Gasteiger charge is 2.04. The van der Waals surface area contributed by atoms with Gasteiger partial charge in [-0.15, -0.1) is 0 Å². The minimum absolute atomic E-state index is 0.160. The minimum atomic E-state index is -0.160. The van der Waals surface area contributed by atoms with Crippen molar-refractivity contribution in [2.75, 3.05) is 0 Å². The van der Waals surface area contributed by atoms with Crippen molar-refractivity contribution >= 4 is 11.6 Å². The Balaban J connectivity index is 2.46. The summed E-state index contributed by atoms with van der Waals surface area (Å²) in [4.78, 5) is 8.24. The molecule has 0 aliphatic carbocycles. The molecule has 0 radical (unpaired) electrons. The molecule has 2 aromatic rings. The molecule has 2 aromatic heterocycles. The molecule has 0 spiro atoms. The molecule has 0 saturated heterocycles. The van der Waals surface area contributed by atoms with E-state index in [1.165, 1.54) is 0 Å². The van der Waals surface area contributed by atoms with Crippen LogP contribution in [0, 0.1) is 0 Å². The molecule has 0 aromatic carbocycles. The van der Waals surface area contributed by atoms with Crippen LogP contribution in [0.4, 0.5) is 0 Å². The van der Waals surface area contributed by atoms with Gasteiger partial charge < -0.3 is 5.11 Å². The van der Waals surface area contributed by atoms with E-state index in [1.807, 2.05) is 12.1 Å². The lowest BCUT2D eigenvalue weighted by Gasteiger charge is -2.03. The van der Waals surface area contributed by atoms with E-state index in [1.54, 1.807) is 24.5 Å². The number of aliphatic hydroxyl groups excluding tert-OH is 1. The Morgan fingerprint density at radius 3 is 2.80 bits per heavy atom. The summed E-state index contributed by atoms with van der Waals surface area (Å²) in [5.74, 6) is 0. The van der Waals surface area contributed by atoms with Crippen LogP contribution in [0.3, 0.4) is 0 Å². The quantitative estimate of drug-likeness (QED) is 0.845. The molecular weight excluding hydrogens is 212 g/mol. The summed E-state index contributed by atoms with van der Waals surface area (Å²) in [6.45, 7) is -0.160. The number of hydrogen-bond acceptors (Lipinski definition) is 3. The van der Waals surface area contributed by atoms with Crippen molar-refractivity contribution in [1.82, 2.24) is 9.97 Å². The number of aliphatic hydroxyl groups is 1. The maximum Gasteiger partial charge on any atom is 0.0868 e. The Morgan fingerprint density at radius 2 is 2.13 bits per heavy atom. The first-order valence-electron chi connectivity index (χ1n) is 4.48.